The van der Waals surface area contributed by atoms with Crippen LogP contribution < -0.4 is 10.6 Å². The van der Waals surface area contributed by atoms with E-state index in [9.17, 15) is 14.4 Å². The number of nitrogens with zero attached hydrogens (tertiary/aromatic N) is 1. The Bertz CT molecular complexity index is 836. The third-order valence-electron chi connectivity index (χ3n) is 4.34. The van der Waals surface area contributed by atoms with Crippen LogP contribution in [0.3, 0.4) is 0 Å². The molecule has 1 atom stereocenters. The lowest BCUT2D eigenvalue weighted by Crippen LogP contribution is -2.48. The predicted molar refractivity (Wildman–Crippen MR) is 106 cm³/mol. The van der Waals surface area contributed by atoms with E-state index >= 15 is 0 Å². The number of carbonyl (C=O) groups is 3. The van der Waals surface area contributed by atoms with Crippen molar-refractivity contribution in [3.05, 3.63) is 60.2 Å². The van der Waals surface area contributed by atoms with Crippen LogP contribution in [0.4, 0.5) is 11.4 Å². The van der Waals surface area contributed by atoms with Gasteiger partial charge in [0.1, 0.15) is 6.10 Å². The summed E-state index contributed by atoms with van der Waals surface area (Å²) in [6.45, 7) is 2.85. The Labute approximate surface area is 163 Å². The number of anilines is 2. The van der Waals surface area contributed by atoms with E-state index in [0.29, 0.717) is 31.1 Å². The quantitative estimate of drug-likeness (QED) is 0.804. The lowest BCUT2D eigenvalue weighted by Gasteiger charge is -2.32. The van der Waals surface area contributed by atoms with Gasteiger partial charge in [0, 0.05) is 31.4 Å². The fourth-order valence-electron chi connectivity index (χ4n) is 3.02. The summed E-state index contributed by atoms with van der Waals surface area (Å²) in [5, 5.41) is 5.41. The summed E-state index contributed by atoms with van der Waals surface area (Å²) in [6, 6.07) is 16.5. The van der Waals surface area contributed by atoms with Crippen LogP contribution in [0.5, 0.6) is 0 Å². The topological polar surface area (TPSA) is 87.7 Å². The molecule has 2 aromatic rings. The first-order valence-corrected chi connectivity index (χ1v) is 9.13. The standard InChI is InChI=1S/C21H23N3O4/c1-15(25)22-17-7-9-18(10-8-17)23-20(26)13-19-21(27)24(11-12-28-19)14-16-5-3-2-4-6-16/h2-10,19H,11-14H2,1H3,(H,22,25)(H,23,26). The molecule has 0 saturated carbocycles. The van der Waals surface area contributed by atoms with Gasteiger partial charge in [-0.25, -0.2) is 0 Å². The molecule has 1 fully saturated rings. The Hall–Kier alpha value is -3.19. The first-order valence-electron chi connectivity index (χ1n) is 9.13. The van der Waals surface area contributed by atoms with Crippen molar-refractivity contribution in [3.63, 3.8) is 0 Å². The van der Waals surface area contributed by atoms with Gasteiger partial charge in [0.05, 0.1) is 13.0 Å². The molecule has 7 nitrogen and oxygen atoms in total. The predicted octanol–water partition coefficient (Wildman–Crippen LogP) is 2.40. The van der Waals surface area contributed by atoms with Crippen LogP contribution in [-0.2, 0) is 25.7 Å². The normalized spacial score (nSPS) is 16.5. The highest BCUT2D eigenvalue weighted by atomic mass is 16.5. The molecular weight excluding hydrogens is 358 g/mol. The first-order chi connectivity index (χ1) is 13.5. The van der Waals surface area contributed by atoms with Crippen molar-refractivity contribution >= 4 is 29.1 Å². The second-order valence-electron chi connectivity index (χ2n) is 6.62. The molecule has 0 spiro atoms. The molecule has 2 N–H and O–H groups in total. The summed E-state index contributed by atoms with van der Waals surface area (Å²) in [5.41, 5.74) is 2.27. The minimum atomic E-state index is -0.781. The van der Waals surface area contributed by atoms with Gasteiger partial charge >= 0.3 is 0 Å². The van der Waals surface area contributed by atoms with Gasteiger partial charge in [0.2, 0.25) is 11.8 Å². The molecule has 0 bridgehead atoms. The summed E-state index contributed by atoms with van der Waals surface area (Å²) in [6.07, 6.45) is -0.825. The molecule has 28 heavy (non-hydrogen) atoms. The van der Waals surface area contributed by atoms with Crippen LogP contribution in [0.15, 0.2) is 54.6 Å². The SMILES string of the molecule is CC(=O)Nc1ccc(NC(=O)CC2OCCN(Cc3ccccc3)C2=O)cc1. The van der Waals surface area contributed by atoms with Crippen molar-refractivity contribution in [1.82, 2.24) is 4.90 Å². The molecule has 1 aliphatic heterocycles. The fraction of sp³-hybridized carbons (Fsp3) is 0.286. The molecule has 1 saturated heterocycles. The summed E-state index contributed by atoms with van der Waals surface area (Å²) in [7, 11) is 0. The van der Waals surface area contributed by atoms with Crippen LogP contribution in [0.2, 0.25) is 0 Å². The van der Waals surface area contributed by atoms with Crippen LogP contribution in [-0.4, -0.2) is 41.9 Å². The molecular formula is C21H23N3O4. The second kappa shape index (κ2) is 9.14. The van der Waals surface area contributed by atoms with Gasteiger partial charge in [0.25, 0.3) is 5.91 Å². The summed E-state index contributed by atoms with van der Waals surface area (Å²) < 4.78 is 5.53. The third kappa shape index (κ3) is 5.40. The first kappa shape index (κ1) is 19.6. The molecule has 1 heterocycles. The highest BCUT2D eigenvalue weighted by Crippen LogP contribution is 2.17. The van der Waals surface area contributed by atoms with E-state index in [0.717, 1.165) is 5.56 Å². The van der Waals surface area contributed by atoms with Crippen molar-refractivity contribution in [3.8, 4) is 0 Å². The molecule has 0 aliphatic carbocycles. The molecule has 3 amide bonds. The highest BCUT2D eigenvalue weighted by Gasteiger charge is 2.31. The van der Waals surface area contributed by atoms with Crippen LogP contribution in [0.25, 0.3) is 0 Å². The Kier molecular flexibility index (Phi) is 6.39. The number of rotatable bonds is 6. The van der Waals surface area contributed by atoms with Gasteiger partial charge in [-0.15, -0.1) is 0 Å². The zero-order valence-electron chi connectivity index (χ0n) is 15.7. The fourth-order valence-corrected chi connectivity index (χ4v) is 3.02. The van der Waals surface area contributed by atoms with Gasteiger partial charge in [-0.1, -0.05) is 30.3 Å². The number of amides is 3. The summed E-state index contributed by atoms with van der Waals surface area (Å²) in [5.74, 6) is -0.636. The van der Waals surface area contributed by atoms with E-state index in [4.69, 9.17) is 4.74 Å². The highest BCUT2D eigenvalue weighted by molar-refractivity contribution is 5.95. The Morgan fingerprint density at radius 1 is 1.04 bits per heavy atom. The zero-order valence-corrected chi connectivity index (χ0v) is 15.7. The number of carbonyl (C=O) groups excluding carboxylic acids is 3. The van der Waals surface area contributed by atoms with Crippen LogP contribution >= 0.6 is 0 Å². The lowest BCUT2D eigenvalue weighted by molar-refractivity contribution is -0.155. The van der Waals surface area contributed by atoms with Gasteiger partial charge in [0.15, 0.2) is 0 Å². The van der Waals surface area contributed by atoms with E-state index in [1.165, 1.54) is 6.92 Å². The maximum atomic E-state index is 12.6. The van der Waals surface area contributed by atoms with Gasteiger partial charge < -0.3 is 20.3 Å². The van der Waals surface area contributed by atoms with Crippen molar-refractivity contribution < 1.29 is 19.1 Å². The lowest BCUT2D eigenvalue weighted by atomic mass is 10.1. The number of hydrogen-bond donors (Lipinski definition) is 2. The van der Waals surface area contributed by atoms with Crippen molar-refractivity contribution in [2.75, 3.05) is 23.8 Å². The molecule has 1 unspecified atom stereocenters. The Balaban J connectivity index is 1.54. The van der Waals surface area contributed by atoms with Crippen molar-refractivity contribution in [1.29, 1.82) is 0 Å². The van der Waals surface area contributed by atoms with E-state index in [-0.39, 0.29) is 24.1 Å². The number of benzene rings is 2. The summed E-state index contributed by atoms with van der Waals surface area (Å²) >= 11 is 0. The second-order valence-corrected chi connectivity index (χ2v) is 6.62. The monoisotopic (exact) mass is 381 g/mol. The minimum absolute atomic E-state index is 0.0441. The number of ether oxygens (including phenoxy) is 1. The van der Waals surface area contributed by atoms with Crippen LogP contribution in [0.1, 0.15) is 18.9 Å². The Morgan fingerprint density at radius 3 is 2.32 bits per heavy atom. The Morgan fingerprint density at radius 2 is 1.68 bits per heavy atom. The van der Waals surface area contributed by atoms with Gasteiger partial charge in [-0.2, -0.15) is 0 Å². The van der Waals surface area contributed by atoms with Gasteiger partial charge in [-0.3, -0.25) is 14.4 Å². The largest absolute Gasteiger partial charge is 0.366 e. The molecule has 0 radical (unpaired) electrons. The maximum absolute atomic E-state index is 12.6. The van der Waals surface area contributed by atoms with Crippen molar-refractivity contribution in [2.24, 2.45) is 0 Å². The number of morpholine rings is 1. The van der Waals surface area contributed by atoms with E-state index in [1.54, 1.807) is 29.2 Å². The average molecular weight is 381 g/mol. The van der Waals surface area contributed by atoms with Gasteiger partial charge in [-0.05, 0) is 29.8 Å². The van der Waals surface area contributed by atoms with E-state index < -0.39 is 6.10 Å². The van der Waals surface area contributed by atoms with Crippen LogP contribution in [0, 0.1) is 0 Å². The maximum Gasteiger partial charge on any atom is 0.252 e. The molecule has 3 rings (SSSR count). The number of hydrogen-bond acceptors (Lipinski definition) is 4. The van der Waals surface area contributed by atoms with E-state index in [2.05, 4.69) is 10.6 Å². The molecule has 7 heteroatoms. The zero-order chi connectivity index (χ0) is 19.9. The minimum Gasteiger partial charge on any atom is -0.366 e. The smallest absolute Gasteiger partial charge is 0.252 e. The third-order valence-corrected chi connectivity index (χ3v) is 4.34. The van der Waals surface area contributed by atoms with Crippen molar-refractivity contribution in [2.45, 2.75) is 26.0 Å². The molecule has 1 aliphatic rings. The number of nitrogens with one attached hydrogen (secondary N) is 2. The summed E-state index contributed by atoms with van der Waals surface area (Å²) in [4.78, 5) is 37.7. The average Bonchev–Trinajstić information content (AvgIpc) is 2.67. The molecule has 2 aromatic carbocycles. The molecule has 0 aromatic heterocycles. The molecule has 146 valence electrons. The van der Waals surface area contributed by atoms with E-state index in [1.807, 2.05) is 30.3 Å².